The maximum atomic E-state index is 13.5. The second-order valence-corrected chi connectivity index (χ2v) is 3.90. The molecule has 0 atom stereocenters. The van der Waals surface area contributed by atoms with Crippen LogP contribution in [0.15, 0.2) is 36.7 Å². The number of carbonyl (C=O) groups excluding carboxylic acids is 1. The summed E-state index contributed by atoms with van der Waals surface area (Å²) in [5.41, 5.74) is 0.160. The van der Waals surface area contributed by atoms with E-state index in [4.69, 9.17) is 11.6 Å². The summed E-state index contributed by atoms with van der Waals surface area (Å²) in [6, 6.07) is 5.91. The van der Waals surface area contributed by atoms with Gasteiger partial charge in [-0.3, -0.25) is 10.1 Å². The molecular formula is C12H9ClFN3O. The van der Waals surface area contributed by atoms with Gasteiger partial charge in [0.15, 0.2) is 0 Å². The number of carbonyl (C=O) groups is 1. The van der Waals surface area contributed by atoms with Gasteiger partial charge in [0.25, 0.3) is 0 Å². The Kier molecular flexibility index (Phi) is 3.84. The zero-order chi connectivity index (χ0) is 13.0. The molecule has 0 saturated carbocycles. The molecule has 0 saturated heterocycles. The van der Waals surface area contributed by atoms with E-state index in [9.17, 15) is 9.18 Å². The van der Waals surface area contributed by atoms with Gasteiger partial charge < -0.3 is 0 Å². The van der Waals surface area contributed by atoms with Crippen molar-refractivity contribution in [3.05, 3.63) is 53.1 Å². The lowest BCUT2D eigenvalue weighted by Crippen LogP contribution is -2.17. The molecule has 18 heavy (non-hydrogen) atoms. The lowest BCUT2D eigenvalue weighted by Gasteiger charge is -2.06. The van der Waals surface area contributed by atoms with Gasteiger partial charge in [-0.05, 0) is 18.2 Å². The fourth-order valence-electron chi connectivity index (χ4n) is 1.39. The number of nitrogens with one attached hydrogen (secondary N) is 1. The molecule has 0 radical (unpaired) electrons. The van der Waals surface area contributed by atoms with Crippen molar-refractivity contribution in [1.82, 2.24) is 9.97 Å². The largest absolute Gasteiger partial charge is 0.294 e. The lowest BCUT2D eigenvalue weighted by atomic mass is 10.1. The predicted octanol–water partition coefficient (Wildman–Crippen LogP) is 2.45. The fourth-order valence-corrected chi connectivity index (χ4v) is 1.62. The SMILES string of the molecule is O=C(Cc1c(F)cccc1Cl)Nc1ncccn1. The van der Waals surface area contributed by atoms with Crippen LogP contribution in [0.2, 0.25) is 5.02 Å². The van der Waals surface area contributed by atoms with Gasteiger partial charge in [-0.1, -0.05) is 17.7 Å². The third-order valence-electron chi connectivity index (χ3n) is 2.22. The molecule has 1 aromatic carbocycles. The molecule has 4 nitrogen and oxygen atoms in total. The standard InChI is InChI=1S/C12H9ClFN3O/c13-9-3-1-4-10(14)8(9)7-11(18)17-12-15-5-2-6-16-12/h1-6H,7H2,(H,15,16,17,18). The Morgan fingerprint density at radius 2 is 2.00 bits per heavy atom. The summed E-state index contributed by atoms with van der Waals surface area (Å²) in [5.74, 6) is -0.755. The summed E-state index contributed by atoms with van der Waals surface area (Å²) in [6.07, 6.45) is 2.83. The molecule has 6 heteroatoms. The molecule has 0 aliphatic carbocycles. The van der Waals surface area contributed by atoms with Crippen LogP contribution in [0.1, 0.15) is 5.56 Å². The zero-order valence-corrected chi connectivity index (χ0v) is 9.99. The first-order valence-corrected chi connectivity index (χ1v) is 5.54. The average Bonchev–Trinajstić information content (AvgIpc) is 2.35. The van der Waals surface area contributed by atoms with E-state index in [-0.39, 0.29) is 23.0 Å². The molecular weight excluding hydrogens is 257 g/mol. The zero-order valence-electron chi connectivity index (χ0n) is 9.23. The molecule has 0 fully saturated rings. The van der Waals surface area contributed by atoms with E-state index < -0.39 is 11.7 Å². The van der Waals surface area contributed by atoms with E-state index in [0.717, 1.165) is 0 Å². The summed E-state index contributed by atoms with van der Waals surface area (Å²) < 4.78 is 13.5. The summed E-state index contributed by atoms with van der Waals surface area (Å²) in [5, 5.41) is 2.68. The summed E-state index contributed by atoms with van der Waals surface area (Å²) in [6.45, 7) is 0. The van der Waals surface area contributed by atoms with E-state index in [1.807, 2.05) is 0 Å². The number of rotatable bonds is 3. The number of hydrogen-bond donors (Lipinski definition) is 1. The van der Waals surface area contributed by atoms with Gasteiger partial charge in [-0.2, -0.15) is 0 Å². The van der Waals surface area contributed by atoms with E-state index in [2.05, 4.69) is 15.3 Å². The van der Waals surface area contributed by atoms with Crippen molar-refractivity contribution in [2.75, 3.05) is 5.32 Å². The maximum absolute atomic E-state index is 13.5. The van der Waals surface area contributed by atoms with Crippen LogP contribution in [0.3, 0.4) is 0 Å². The van der Waals surface area contributed by atoms with E-state index >= 15 is 0 Å². The van der Waals surface area contributed by atoms with Crippen molar-refractivity contribution in [2.45, 2.75) is 6.42 Å². The molecule has 92 valence electrons. The van der Waals surface area contributed by atoms with Crippen LogP contribution < -0.4 is 5.32 Å². The second kappa shape index (κ2) is 5.55. The minimum absolute atomic E-state index is 0.160. The van der Waals surface area contributed by atoms with Gasteiger partial charge in [0.2, 0.25) is 11.9 Å². The van der Waals surface area contributed by atoms with E-state index in [1.165, 1.54) is 30.6 Å². The summed E-state index contributed by atoms with van der Waals surface area (Å²) in [4.78, 5) is 19.3. The maximum Gasteiger partial charge on any atom is 0.231 e. The Balaban J connectivity index is 2.08. The van der Waals surface area contributed by atoms with Gasteiger partial charge in [0, 0.05) is 23.0 Å². The Morgan fingerprint density at radius 3 is 2.67 bits per heavy atom. The van der Waals surface area contributed by atoms with Gasteiger partial charge in [0.05, 0.1) is 6.42 Å². The van der Waals surface area contributed by atoms with Crippen molar-refractivity contribution in [3.63, 3.8) is 0 Å². The van der Waals surface area contributed by atoms with Crippen LogP contribution in [0.25, 0.3) is 0 Å². The number of halogens is 2. The molecule has 2 rings (SSSR count). The van der Waals surface area contributed by atoms with Crippen molar-refractivity contribution in [2.24, 2.45) is 0 Å². The van der Waals surface area contributed by atoms with Crippen molar-refractivity contribution < 1.29 is 9.18 Å². The lowest BCUT2D eigenvalue weighted by molar-refractivity contribution is -0.115. The first kappa shape index (κ1) is 12.4. The van der Waals surface area contributed by atoms with Crippen molar-refractivity contribution in [3.8, 4) is 0 Å². The molecule has 1 aromatic heterocycles. The predicted molar refractivity (Wildman–Crippen MR) is 65.8 cm³/mol. The van der Waals surface area contributed by atoms with Gasteiger partial charge in [-0.25, -0.2) is 14.4 Å². The summed E-state index contributed by atoms with van der Waals surface area (Å²) >= 11 is 5.83. The first-order chi connectivity index (χ1) is 8.66. The third-order valence-corrected chi connectivity index (χ3v) is 2.57. The van der Waals surface area contributed by atoms with Crippen molar-refractivity contribution in [1.29, 1.82) is 0 Å². The van der Waals surface area contributed by atoms with Crippen LogP contribution in [-0.4, -0.2) is 15.9 Å². The van der Waals surface area contributed by atoms with E-state index in [0.29, 0.717) is 0 Å². The second-order valence-electron chi connectivity index (χ2n) is 3.50. The quantitative estimate of drug-likeness (QED) is 0.927. The monoisotopic (exact) mass is 265 g/mol. The molecule has 1 heterocycles. The minimum atomic E-state index is -0.508. The van der Waals surface area contributed by atoms with Gasteiger partial charge in [-0.15, -0.1) is 0 Å². The molecule has 2 aromatic rings. The van der Waals surface area contributed by atoms with Crippen LogP contribution >= 0.6 is 11.6 Å². The highest BCUT2D eigenvalue weighted by molar-refractivity contribution is 6.31. The molecule has 0 unspecified atom stereocenters. The van der Waals surface area contributed by atoms with Gasteiger partial charge >= 0.3 is 0 Å². The van der Waals surface area contributed by atoms with Crippen LogP contribution in [-0.2, 0) is 11.2 Å². The Bertz CT molecular complexity index is 542. The third kappa shape index (κ3) is 3.01. The number of hydrogen-bond acceptors (Lipinski definition) is 3. The van der Waals surface area contributed by atoms with Gasteiger partial charge in [0.1, 0.15) is 5.82 Å². The minimum Gasteiger partial charge on any atom is -0.294 e. The molecule has 0 aliphatic heterocycles. The van der Waals surface area contributed by atoms with E-state index in [1.54, 1.807) is 6.07 Å². The Labute approximate surface area is 108 Å². The topological polar surface area (TPSA) is 54.9 Å². The first-order valence-electron chi connectivity index (χ1n) is 5.16. The highest BCUT2D eigenvalue weighted by atomic mass is 35.5. The summed E-state index contributed by atoms with van der Waals surface area (Å²) in [7, 11) is 0. The fraction of sp³-hybridized carbons (Fsp3) is 0.0833. The number of aromatic nitrogens is 2. The number of nitrogens with zero attached hydrogens (tertiary/aromatic N) is 2. The number of amides is 1. The van der Waals surface area contributed by atoms with Crippen LogP contribution in [0, 0.1) is 5.82 Å². The highest BCUT2D eigenvalue weighted by Gasteiger charge is 2.12. The Morgan fingerprint density at radius 1 is 1.28 bits per heavy atom. The van der Waals surface area contributed by atoms with Crippen LogP contribution in [0.5, 0.6) is 0 Å². The molecule has 0 spiro atoms. The number of anilines is 1. The highest BCUT2D eigenvalue weighted by Crippen LogP contribution is 2.19. The molecule has 1 N–H and O–H groups in total. The number of benzene rings is 1. The molecule has 1 amide bonds. The normalized spacial score (nSPS) is 10.1. The smallest absolute Gasteiger partial charge is 0.231 e. The molecule has 0 aliphatic rings. The van der Waals surface area contributed by atoms with Crippen LogP contribution in [0.4, 0.5) is 10.3 Å². The molecule has 0 bridgehead atoms. The Hall–Kier alpha value is -2.01. The average molecular weight is 266 g/mol. The van der Waals surface area contributed by atoms with Crippen molar-refractivity contribution >= 4 is 23.5 Å².